The molecule has 0 aromatic heterocycles. The van der Waals surface area contributed by atoms with Crippen LogP contribution in [0.2, 0.25) is 0 Å². The third-order valence-corrected chi connectivity index (χ3v) is 4.15. The van der Waals surface area contributed by atoms with Gasteiger partial charge in [0.15, 0.2) is 0 Å². The Balaban J connectivity index is 2.22. The van der Waals surface area contributed by atoms with Crippen LogP contribution in [0.15, 0.2) is 18.2 Å². The fourth-order valence-electron chi connectivity index (χ4n) is 2.86. The Morgan fingerprint density at radius 3 is 2.50 bits per heavy atom. The van der Waals surface area contributed by atoms with Gasteiger partial charge in [-0.15, -0.1) is 0 Å². The lowest BCUT2D eigenvalue weighted by Crippen LogP contribution is -2.42. The van der Waals surface area contributed by atoms with Crippen molar-refractivity contribution >= 4 is 5.69 Å². The zero-order chi connectivity index (χ0) is 14.7. The molecule has 0 amide bonds. The number of piperidine rings is 1. The fraction of sp³-hybridized carbons (Fsp3) is 0.562. The van der Waals surface area contributed by atoms with E-state index in [9.17, 15) is 5.11 Å². The second-order valence-corrected chi connectivity index (χ2v) is 5.74. The average molecular weight is 273 g/mol. The molecule has 1 fully saturated rings. The number of rotatable bonds is 3. The first-order valence-electron chi connectivity index (χ1n) is 7.16. The Kier molecular flexibility index (Phi) is 4.64. The van der Waals surface area contributed by atoms with Crippen molar-refractivity contribution in [3.63, 3.8) is 0 Å². The molecule has 0 saturated carbocycles. The van der Waals surface area contributed by atoms with Gasteiger partial charge in [0, 0.05) is 30.4 Å². The van der Waals surface area contributed by atoms with Crippen molar-refractivity contribution in [3.05, 3.63) is 29.3 Å². The molecular formula is C16H23N3O. The van der Waals surface area contributed by atoms with Gasteiger partial charge < -0.3 is 14.9 Å². The minimum absolute atomic E-state index is 0.510. The highest BCUT2D eigenvalue weighted by Gasteiger charge is 2.23. The zero-order valence-electron chi connectivity index (χ0n) is 12.5. The zero-order valence-corrected chi connectivity index (χ0v) is 12.5. The van der Waals surface area contributed by atoms with Crippen molar-refractivity contribution in [2.45, 2.75) is 31.9 Å². The Morgan fingerprint density at radius 2 is 2.00 bits per heavy atom. The van der Waals surface area contributed by atoms with E-state index in [-0.39, 0.29) is 0 Å². The molecule has 1 aromatic rings. The van der Waals surface area contributed by atoms with Gasteiger partial charge in [-0.1, -0.05) is 6.07 Å². The van der Waals surface area contributed by atoms with Crippen LogP contribution in [0.25, 0.3) is 0 Å². The molecule has 20 heavy (non-hydrogen) atoms. The molecule has 2 rings (SSSR count). The monoisotopic (exact) mass is 273 g/mol. The van der Waals surface area contributed by atoms with E-state index in [2.05, 4.69) is 30.0 Å². The molecule has 1 N–H and O–H groups in total. The highest BCUT2D eigenvalue weighted by Crippen LogP contribution is 2.30. The van der Waals surface area contributed by atoms with Crippen LogP contribution in [-0.4, -0.2) is 43.2 Å². The summed E-state index contributed by atoms with van der Waals surface area (Å²) in [5.41, 5.74) is 2.57. The number of nitriles is 1. The quantitative estimate of drug-likeness (QED) is 0.916. The van der Waals surface area contributed by atoms with E-state index in [0.717, 1.165) is 37.2 Å². The molecule has 4 heteroatoms. The first-order chi connectivity index (χ1) is 9.52. The summed E-state index contributed by atoms with van der Waals surface area (Å²) in [5.74, 6) is 0. The van der Waals surface area contributed by atoms with Crippen LogP contribution in [0, 0.1) is 11.3 Å². The largest absolute Gasteiger partial charge is 0.389 e. The van der Waals surface area contributed by atoms with E-state index in [1.54, 1.807) is 13.0 Å². The van der Waals surface area contributed by atoms with Crippen LogP contribution in [0.1, 0.15) is 37.0 Å². The van der Waals surface area contributed by atoms with Gasteiger partial charge in [-0.3, -0.25) is 0 Å². The number of aliphatic hydroxyl groups excluding tert-OH is 1. The average Bonchev–Trinajstić information content (AvgIpc) is 2.46. The fourth-order valence-corrected chi connectivity index (χ4v) is 2.86. The van der Waals surface area contributed by atoms with E-state index < -0.39 is 6.10 Å². The standard InChI is InChI=1S/C16H23N3O/c1-12(20)15-5-4-13(11-17)10-16(15)19-8-6-14(7-9-19)18(2)3/h4-5,10,12,14,20H,6-9H2,1-3H3/t12-/m1/s1. The van der Waals surface area contributed by atoms with Crippen molar-refractivity contribution in [2.75, 3.05) is 32.1 Å². The SMILES string of the molecule is C[C@@H](O)c1ccc(C#N)cc1N1CCC(N(C)C)CC1. The maximum Gasteiger partial charge on any atom is 0.0992 e. The van der Waals surface area contributed by atoms with Gasteiger partial charge in [0.25, 0.3) is 0 Å². The van der Waals surface area contributed by atoms with Crippen LogP contribution in [0.3, 0.4) is 0 Å². The predicted octanol–water partition coefficient (Wildman–Crippen LogP) is 2.14. The maximum absolute atomic E-state index is 9.92. The number of nitrogens with zero attached hydrogens (tertiary/aromatic N) is 3. The van der Waals surface area contributed by atoms with E-state index >= 15 is 0 Å². The summed E-state index contributed by atoms with van der Waals surface area (Å²) in [7, 11) is 4.25. The van der Waals surface area contributed by atoms with Crippen molar-refractivity contribution in [1.29, 1.82) is 5.26 Å². The molecule has 4 nitrogen and oxygen atoms in total. The molecular weight excluding hydrogens is 250 g/mol. The molecule has 1 aromatic carbocycles. The molecule has 0 aliphatic carbocycles. The Hall–Kier alpha value is -1.57. The van der Waals surface area contributed by atoms with Crippen LogP contribution in [-0.2, 0) is 0 Å². The van der Waals surface area contributed by atoms with Crippen molar-refractivity contribution in [1.82, 2.24) is 4.90 Å². The molecule has 0 bridgehead atoms. The van der Waals surface area contributed by atoms with E-state index in [0.29, 0.717) is 11.6 Å². The second kappa shape index (κ2) is 6.25. The maximum atomic E-state index is 9.92. The molecule has 0 radical (unpaired) electrons. The summed E-state index contributed by atoms with van der Waals surface area (Å²) in [6.07, 6.45) is 1.72. The van der Waals surface area contributed by atoms with Gasteiger partial charge in [-0.2, -0.15) is 5.26 Å². The molecule has 1 aliphatic rings. The number of hydrogen-bond acceptors (Lipinski definition) is 4. The van der Waals surface area contributed by atoms with E-state index in [1.807, 2.05) is 12.1 Å². The summed E-state index contributed by atoms with van der Waals surface area (Å²) in [4.78, 5) is 4.57. The topological polar surface area (TPSA) is 50.5 Å². The van der Waals surface area contributed by atoms with Gasteiger partial charge in [-0.05, 0) is 46.0 Å². The van der Waals surface area contributed by atoms with Gasteiger partial charge >= 0.3 is 0 Å². The lowest BCUT2D eigenvalue weighted by molar-refractivity contribution is 0.199. The molecule has 108 valence electrons. The molecule has 1 saturated heterocycles. The minimum Gasteiger partial charge on any atom is -0.389 e. The van der Waals surface area contributed by atoms with Crippen LogP contribution < -0.4 is 4.90 Å². The van der Waals surface area contributed by atoms with Crippen molar-refractivity contribution < 1.29 is 5.11 Å². The first-order valence-corrected chi connectivity index (χ1v) is 7.16. The molecule has 1 atom stereocenters. The molecule has 1 aliphatic heterocycles. The minimum atomic E-state index is -0.510. The summed E-state index contributed by atoms with van der Waals surface area (Å²) in [6.45, 7) is 3.71. The lowest BCUT2D eigenvalue weighted by Gasteiger charge is -2.37. The van der Waals surface area contributed by atoms with Gasteiger partial charge in [0.05, 0.1) is 17.7 Å². The summed E-state index contributed by atoms with van der Waals surface area (Å²) >= 11 is 0. The summed E-state index contributed by atoms with van der Waals surface area (Å²) < 4.78 is 0. The highest BCUT2D eigenvalue weighted by molar-refractivity contribution is 5.58. The van der Waals surface area contributed by atoms with Crippen LogP contribution in [0.4, 0.5) is 5.69 Å². The van der Waals surface area contributed by atoms with E-state index in [1.165, 1.54) is 0 Å². The molecule has 0 unspecified atom stereocenters. The number of hydrogen-bond donors (Lipinski definition) is 1. The second-order valence-electron chi connectivity index (χ2n) is 5.74. The van der Waals surface area contributed by atoms with Gasteiger partial charge in [-0.25, -0.2) is 0 Å². The van der Waals surface area contributed by atoms with Crippen LogP contribution in [0.5, 0.6) is 0 Å². The Morgan fingerprint density at radius 1 is 1.35 bits per heavy atom. The third-order valence-electron chi connectivity index (χ3n) is 4.15. The van der Waals surface area contributed by atoms with Crippen molar-refractivity contribution in [3.8, 4) is 6.07 Å². The molecule has 0 spiro atoms. The summed E-state index contributed by atoms with van der Waals surface area (Å²) in [5, 5.41) is 19.0. The van der Waals surface area contributed by atoms with Crippen molar-refractivity contribution in [2.24, 2.45) is 0 Å². The number of benzene rings is 1. The molecule has 1 heterocycles. The van der Waals surface area contributed by atoms with Gasteiger partial charge in [0.2, 0.25) is 0 Å². The highest BCUT2D eigenvalue weighted by atomic mass is 16.3. The summed E-state index contributed by atoms with van der Waals surface area (Å²) in [6, 6.07) is 8.36. The van der Waals surface area contributed by atoms with Gasteiger partial charge in [0.1, 0.15) is 0 Å². The number of anilines is 1. The first kappa shape index (κ1) is 14.8. The van der Waals surface area contributed by atoms with Crippen LogP contribution >= 0.6 is 0 Å². The predicted molar refractivity (Wildman–Crippen MR) is 80.7 cm³/mol. The number of aliphatic hydroxyl groups is 1. The lowest BCUT2D eigenvalue weighted by atomic mass is 9.99. The normalized spacial score (nSPS) is 18.1. The Bertz CT molecular complexity index is 497. The Labute approximate surface area is 121 Å². The third kappa shape index (κ3) is 3.12. The smallest absolute Gasteiger partial charge is 0.0992 e. The van der Waals surface area contributed by atoms with E-state index in [4.69, 9.17) is 5.26 Å².